The molecule has 0 unspecified atom stereocenters. The summed E-state index contributed by atoms with van der Waals surface area (Å²) < 4.78 is 0. The smallest absolute Gasteiger partial charge is 0.257 e. The van der Waals surface area contributed by atoms with Crippen LogP contribution in [0.25, 0.3) is 0 Å². The van der Waals surface area contributed by atoms with Crippen LogP contribution >= 0.6 is 0 Å². The highest BCUT2D eigenvalue weighted by atomic mass is 16.1. The van der Waals surface area contributed by atoms with Crippen molar-refractivity contribution < 1.29 is 4.79 Å². The lowest BCUT2D eigenvalue weighted by Gasteiger charge is -1.95. The van der Waals surface area contributed by atoms with E-state index in [4.69, 9.17) is 7.98 Å². The molecule has 1 rings (SSSR count). The quantitative estimate of drug-likeness (QED) is 0.541. The molecule has 0 aliphatic carbocycles. The monoisotopic (exact) mass is 132 g/mol. The van der Waals surface area contributed by atoms with Crippen LogP contribution in [-0.4, -0.2) is 18.9 Å². The Balaban J connectivity index is 2.85. The molecule has 0 spiro atoms. The summed E-state index contributed by atoms with van der Waals surface area (Å²) in [5.74, 6) is -0.374. The van der Waals surface area contributed by atoms with Gasteiger partial charge in [0.1, 0.15) is 5.69 Å². The average molecular weight is 132 g/mol. The standard InChI is InChI=1S/C6H5BN2O/c7-9-6(10)5-3-1-2-4-8-5/h1-4H,(H,9,10). The summed E-state index contributed by atoms with van der Waals surface area (Å²) in [5.41, 5.74) is 0.324. The minimum absolute atomic E-state index is 0.324. The minimum atomic E-state index is -0.374. The molecule has 2 radical (unpaired) electrons. The molecule has 0 aliphatic rings. The zero-order valence-corrected chi connectivity index (χ0v) is 5.24. The van der Waals surface area contributed by atoms with E-state index in [2.05, 4.69) is 4.98 Å². The SMILES string of the molecule is [B]NC(=O)c1ccccn1. The molecule has 0 saturated heterocycles. The van der Waals surface area contributed by atoms with E-state index in [0.29, 0.717) is 5.69 Å². The van der Waals surface area contributed by atoms with Crippen molar-refractivity contribution in [3.8, 4) is 0 Å². The summed E-state index contributed by atoms with van der Waals surface area (Å²) in [6.45, 7) is 0. The minimum Gasteiger partial charge on any atom is -0.404 e. The molecule has 1 heterocycles. The van der Waals surface area contributed by atoms with Gasteiger partial charge in [0.05, 0.1) is 0 Å². The van der Waals surface area contributed by atoms with Gasteiger partial charge >= 0.3 is 0 Å². The highest BCUT2D eigenvalue weighted by molar-refractivity contribution is 6.17. The van der Waals surface area contributed by atoms with Gasteiger partial charge in [-0.15, -0.1) is 0 Å². The third kappa shape index (κ3) is 1.34. The second kappa shape index (κ2) is 3.01. The second-order valence-electron chi connectivity index (χ2n) is 1.69. The van der Waals surface area contributed by atoms with Gasteiger partial charge in [0, 0.05) is 6.20 Å². The number of nitrogens with zero attached hydrogens (tertiary/aromatic N) is 1. The summed E-state index contributed by atoms with van der Waals surface area (Å²) in [6, 6.07) is 5.03. The molecular formula is C6H5BN2O. The molecule has 0 atom stereocenters. The maximum atomic E-state index is 10.7. The Morgan fingerprint density at radius 2 is 2.40 bits per heavy atom. The molecule has 0 bridgehead atoms. The van der Waals surface area contributed by atoms with Crippen molar-refractivity contribution in [2.45, 2.75) is 0 Å². The third-order valence-corrected chi connectivity index (χ3v) is 1.03. The largest absolute Gasteiger partial charge is 0.404 e. The lowest BCUT2D eigenvalue weighted by atomic mass is 10.3. The van der Waals surface area contributed by atoms with E-state index in [9.17, 15) is 4.79 Å². The zero-order valence-electron chi connectivity index (χ0n) is 5.24. The van der Waals surface area contributed by atoms with Gasteiger partial charge in [-0.05, 0) is 12.1 Å². The Labute approximate surface area is 59.9 Å². The molecule has 1 amide bonds. The number of pyridine rings is 1. The summed E-state index contributed by atoms with van der Waals surface area (Å²) in [7, 11) is 4.86. The summed E-state index contributed by atoms with van der Waals surface area (Å²) >= 11 is 0. The van der Waals surface area contributed by atoms with Crippen LogP contribution < -0.4 is 5.23 Å². The van der Waals surface area contributed by atoms with Crippen LogP contribution in [0.5, 0.6) is 0 Å². The normalized spacial score (nSPS) is 8.80. The third-order valence-electron chi connectivity index (χ3n) is 1.03. The molecule has 48 valence electrons. The van der Waals surface area contributed by atoms with E-state index >= 15 is 0 Å². The second-order valence-corrected chi connectivity index (χ2v) is 1.69. The Morgan fingerprint density at radius 1 is 1.60 bits per heavy atom. The molecule has 1 aromatic rings. The summed E-state index contributed by atoms with van der Waals surface area (Å²) in [6.07, 6.45) is 1.53. The molecule has 3 nitrogen and oxygen atoms in total. The number of carbonyl (C=O) groups is 1. The molecular weight excluding hydrogens is 127 g/mol. The summed E-state index contributed by atoms with van der Waals surface area (Å²) in [4.78, 5) is 14.5. The highest BCUT2D eigenvalue weighted by Gasteiger charge is 1.99. The van der Waals surface area contributed by atoms with Crippen molar-refractivity contribution >= 4 is 13.9 Å². The molecule has 0 aromatic carbocycles. The van der Waals surface area contributed by atoms with Crippen LogP contribution in [0.15, 0.2) is 24.4 Å². The molecule has 4 heteroatoms. The van der Waals surface area contributed by atoms with Crippen molar-refractivity contribution in [3.63, 3.8) is 0 Å². The maximum absolute atomic E-state index is 10.7. The number of nitrogens with one attached hydrogen (secondary N) is 1. The van der Waals surface area contributed by atoms with Crippen molar-refractivity contribution in [1.82, 2.24) is 10.2 Å². The van der Waals surface area contributed by atoms with Crippen molar-refractivity contribution in [2.24, 2.45) is 0 Å². The predicted octanol–water partition coefficient (Wildman–Crippen LogP) is -0.105. The first kappa shape index (κ1) is 6.80. The summed E-state index contributed by atoms with van der Waals surface area (Å²) in [5, 5.41) is 1.98. The highest BCUT2D eigenvalue weighted by Crippen LogP contribution is 1.90. The van der Waals surface area contributed by atoms with Gasteiger partial charge in [0.2, 0.25) is 7.98 Å². The van der Waals surface area contributed by atoms with Crippen LogP contribution in [-0.2, 0) is 0 Å². The van der Waals surface area contributed by atoms with Gasteiger partial charge in [-0.3, -0.25) is 9.78 Å². The number of aromatic nitrogens is 1. The zero-order chi connectivity index (χ0) is 7.40. The number of rotatable bonds is 1. The van der Waals surface area contributed by atoms with Crippen LogP contribution in [0.4, 0.5) is 0 Å². The first-order chi connectivity index (χ1) is 4.84. The fourth-order valence-electron chi connectivity index (χ4n) is 0.571. The Bertz CT molecular complexity index is 224. The van der Waals surface area contributed by atoms with Crippen LogP contribution in [0.3, 0.4) is 0 Å². The van der Waals surface area contributed by atoms with Gasteiger partial charge in [-0.1, -0.05) is 6.07 Å². The van der Waals surface area contributed by atoms with Crippen molar-refractivity contribution in [1.29, 1.82) is 0 Å². The van der Waals surface area contributed by atoms with Crippen LogP contribution in [0.2, 0.25) is 0 Å². The van der Waals surface area contributed by atoms with E-state index in [0.717, 1.165) is 0 Å². The number of amides is 1. The molecule has 0 saturated carbocycles. The Kier molecular flexibility index (Phi) is 2.05. The Hall–Kier alpha value is -1.32. The van der Waals surface area contributed by atoms with Gasteiger partial charge in [0.25, 0.3) is 5.91 Å². The van der Waals surface area contributed by atoms with Crippen molar-refractivity contribution in [3.05, 3.63) is 30.1 Å². The van der Waals surface area contributed by atoms with E-state index in [1.807, 2.05) is 5.23 Å². The average Bonchev–Trinajstić information content (AvgIpc) is 2.05. The lowest BCUT2D eigenvalue weighted by molar-refractivity contribution is 0.0977. The van der Waals surface area contributed by atoms with Gasteiger partial charge in [0.15, 0.2) is 0 Å². The van der Waals surface area contributed by atoms with E-state index in [1.54, 1.807) is 18.2 Å². The fourth-order valence-corrected chi connectivity index (χ4v) is 0.571. The molecule has 0 fully saturated rings. The molecule has 10 heavy (non-hydrogen) atoms. The first-order valence-electron chi connectivity index (χ1n) is 2.76. The van der Waals surface area contributed by atoms with Crippen molar-refractivity contribution in [2.75, 3.05) is 0 Å². The first-order valence-corrected chi connectivity index (χ1v) is 2.76. The van der Waals surface area contributed by atoms with Gasteiger partial charge < -0.3 is 5.23 Å². The number of hydrogen-bond acceptors (Lipinski definition) is 2. The van der Waals surface area contributed by atoms with E-state index in [1.165, 1.54) is 6.20 Å². The van der Waals surface area contributed by atoms with Gasteiger partial charge in [-0.2, -0.15) is 0 Å². The van der Waals surface area contributed by atoms with E-state index in [-0.39, 0.29) is 5.91 Å². The number of carbonyl (C=O) groups excluding carboxylic acids is 1. The molecule has 1 aromatic heterocycles. The molecule has 1 N–H and O–H groups in total. The van der Waals surface area contributed by atoms with Crippen LogP contribution in [0, 0.1) is 0 Å². The fraction of sp³-hybridized carbons (Fsp3) is 0. The van der Waals surface area contributed by atoms with Gasteiger partial charge in [-0.25, -0.2) is 0 Å². The molecule has 0 aliphatic heterocycles. The topological polar surface area (TPSA) is 42.0 Å². The lowest BCUT2D eigenvalue weighted by Crippen LogP contribution is -2.20. The Morgan fingerprint density at radius 3 is 2.90 bits per heavy atom. The van der Waals surface area contributed by atoms with Crippen LogP contribution in [0.1, 0.15) is 10.5 Å². The predicted molar refractivity (Wildman–Crippen MR) is 37.5 cm³/mol. The van der Waals surface area contributed by atoms with E-state index < -0.39 is 0 Å². The maximum Gasteiger partial charge on any atom is 0.257 e. The number of hydrogen-bond donors (Lipinski definition) is 1.